The predicted molar refractivity (Wildman–Crippen MR) is 54.4 cm³/mol. The van der Waals surface area contributed by atoms with Crippen molar-refractivity contribution < 1.29 is 22.4 Å². The molecule has 0 saturated carbocycles. The first-order chi connectivity index (χ1) is 6.97. The second kappa shape index (κ2) is 4.99. The first-order valence-electron chi connectivity index (χ1n) is 4.23. The standard InChI is InChI=1S/C9H12O5S/c1-15(11,12)14-7-6-13-9-4-2-8(10)3-5-9/h2-5,10H,6-7H2,1H3. The van der Waals surface area contributed by atoms with Crippen molar-refractivity contribution in [3.63, 3.8) is 0 Å². The number of benzene rings is 1. The molecule has 1 N–H and O–H groups in total. The van der Waals surface area contributed by atoms with Crippen LogP contribution in [-0.2, 0) is 14.3 Å². The molecule has 5 nitrogen and oxygen atoms in total. The molecule has 0 spiro atoms. The van der Waals surface area contributed by atoms with E-state index in [1.807, 2.05) is 0 Å². The molecule has 0 aromatic heterocycles. The van der Waals surface area contributed by atoms with Crippen LogP contribution in [0.2, 0.25) is 0 Å². The van der Waals surface area contributed by atoms with Gasteiger partial charge in [-0.05, 0) is 24.3 Å². The molecule has 1 aromatic carbocycles. The van der Waals surface area contributed by atoms with Crippen LogP contribution in [0, 0.1) is 0 Å². The normalized spacial score (nSPS) is 11.3. The molecule has 0 heterocycles. The van der Waals surface area contributed by atoms with E-state index in [0.717, 1.165) is 6.26 Å². The fourth-order valence-corrected chi connectivity index (χ4v) is 1.26. The number of ether oxygens (including phenoxy) is 1. The molecule has 1 rings (SSSR count). The Morgan fingerprint density at radius 3 is 2.33 bits per heavy atom. The molecule has 15 heavy (non-hydrogen) atoms. The van der Waals surface area contributed by atoms with Crippen molar-refractivity contribution in [2.45, 2.75) is 0 Å². The minimum absolute atomic E-state index is 0.0281. The van der Waals surface area contributed by atoms with Crippen molar-refractivity contribution in [2.24, 2.45) is 0 Å². The summed E-state index contributed by atoms with van der Waals surface area (Å²) in [7, 11) is -3.41. The summed E-state index contributed by atoms with van der Waals surface area (Å²) in [5, 5.41) is 8.98. The van der Waals surface area contributed by atoms with E-state index in [4.69, 9.17) is 9.84 Å². The number of phenolic OH excluding ortho intramolecular Hbond substituents is 1. The molecule has 0 amide bonds. The van der Waals surface area contributed by atoms with E-state index in [0.29, 0.717) is 5.75 Å². The highest BCUT2D eigenvalue weighted by Gasteiger charge is 2.01. The Balaban J connectivity index is 2.29. The molecule has 0 saturated heterocycles. The molecule has 0 fully saturated rings. The first-order valence-corrected chi connectivity index (χ1v) is 6.05. The lowest BCUT2D eigenvalue weighted by Crippen LogP contribution is -2.11. The third kappa shape index (κ3) is 5.24. The van der Waals surface area contributed by atoms with Crippen LogP contribution in [0.15, 0.2) is 24.3 Å². The van der Waals surface area contributed by atoms with Crippen molar-refractivity contribution in [3.05, 3.63) is 24.3 Å². The van der Waals surface area contributed by atoms with Crippen molar-refractivity contribution in [1.82, 2.24) is 0 Å². The molecule has 84 valence electrons. The molecular formula is C9H12O5S. The fraction of sp³-hybridized carbons (Fsp3) is 0.333. The second-order valence-electron chi connectivity index (χ2n) is 2.87. The van der Waals surface area contributed by atoms with Crippen LogP contribution in [0.5, 0.6) is 11.5 Å². The molecule has 6 heteroatoms. The quantitative estimate of drug-likeness (QED) is 0.599. The monoisotopic (exact) mass is 232 g/mol. The number of aromatic hydroxyl groups is 1. The molecule has 0 atom stereocenters. The maximum absolute atomic E-state index is 10.6. The summed E-state index contributed by atoms with van der Waals surface area (Å²) in [5.41, 5.74) is 0. The Morgan fingerprint density at radius 1 is 1.20 bits per heavy atom. The first kappa shape index (κ1) is 11.8. The number of rotatable bonds is 5. The largest absolute Gasteiger partial charge is 0.508 e. The van der Waals surface area contributed by atoms with Crippen LogP contribution in [0.4, 0.5) is 0 Å². The van der Waals surface area contributed by atoms with Gasteiger partial charge in [-0.3, -0.25) is 4.18 Å². The van der Waals surface area contributed by atoms with Crippen LogP contribution in [0.1, 0.15) is 0 Å². The second-order valence-corrected chi connectivity index (χ2v) is 4.51. The SMILES string of the molecule is CS(=O)(=O)OCCOc1ccc(O)cc1. The average molecular weight is 232 g/mol. The minimum Gasteiger partial charge on any atom is -0.508 e. The molecule has 0 aliphatic rings. The predicted octanol–water partition coefficient (Wildman–Crippen LogP) is 0.747. The summed E-state index contributed by atoms with van der Waals surface area (Å²) >= 11 is 0. The smallest absolute Gasteiger partial charge is 0.264 e. The summed E-state index contributed by atoms with van der Waals surface area (Å²) < 4.78 is 30.8. The van der Waals surface area contributed by atoms with Gasteiger partial charge in [-0.15, -0.1) is 0 Å². The Morgan fingerprint density at radius 2 is 1.80 bits per heavy atom. The van der Waals surface area contributed by atoms with Crippen LogP contribution in [-0.4, -0.2) is 33.0 Å². The van der Waals surface area contributed by atoms with Gasteiger partial charge in [-0.25, -0.2) is 0 Å². The third-order valence-corrected chi connectivity index (χ3v) is 2.08. The summed E-state index contributed by atoms with van der Waals surface area (Å²) in [6, 6.07) is 6.12. The van der Waals surface area contributed by atoms with E-state index in [1.165, 1.54) is 12.1 Å². The summed E-state index contributed by atoms with van der Waals surface area (Å²) in [6.07, 6.45) is 0.980. The summed E-state index contributed by atoms with van der Waals surface area (Å²) in [4.78, 5) is 0. The van der Waals surface area contributed by atoms with E-state index in [1.54, 1.807) is 12.1 Å². The zero-order chi connectivity index (χ0) is 11.3. The fourth-order valence-electron chi connectivity index (χ4n) is 0.887. The zero-order valence-electron chi connectivity index (χ0n) is 8.21. The van der Waals surface area contributed by atoms with Crippen molar-refractivity contribution >= 4 is 10.1 Å². The zero-order valence-corrected chi connectivity index (χ0v) is 9.03. The lowest BCUT2D eigenvalue weighted by atomic mass is 10.3. The van der Waals surface area contributed by atoms with E-state index >= 15 is 0 Å². The van der Waals surface area contributed by atoms with Gasteiger partial charge in [0.25, 0.3) is 10.1 Å². The highest BCUT2D eigenvalue weighted by atomic mass is 32.2. The Kier molecular flexibility index (Phi) is 3.93. The molecule has 0 radical (unpaired) electrons. The van der Waals surface area contributed by atoms with Gasteiger partial charge in [0.15, 0.2) is 0 Å². The molecule has 0 aliphatic carbocycles. The van der Waals surface area contributed by atoms with E-state index in [-0.39, 0.29) is 19.0 Å². The van der Waals surface area contributed by atoms with Gasteiger partial charge in [-0.2, -0.15) is 8.42 Å². The summed E-state index contributed by atoms with van der Waals surface area (Å²) in [6.45, 7) is 0.109. The van der Waals surface area contributed by atoms with E-state index in [2.05, 4.69) is 4.18 Å². The van der Waals surface area contributed by atoms with Gasteiger partial charge in [0.05, 0.1) is 6.26 Å². The number of hydrogen-bond donors (Lipinski definition) is 1. The molecule has 0 aliphatic heterocycles. The third-order valence-electron chi connectivity index (χ3n) is 1.49. The Bertz CT molecular complexity index is 395. The lowest BCUT2D eigenvalue weighted by molar-refractivity contribution is 0.222. The van der Waals surface area contributed by atoms with E-state index in [9.17, 15) is 8.42 Å². The van der Waals surface area contributed by atoms with E-state index < -0.39 is 10.1 Å². The number of phenols is 1. The van der Waals surface area contributed by atoms with Crippen LogP contribution in [0.25, 0.3) is 0 Å². The maximum atomic E-state index is 10.6. The van der Waals surface area contributed by atoms with Gasteiger partial charge in [0.1, 0.15) is 24.7 Å². The van der Waals surface area contributed by atoms with Gasteiger partial charge < -0.3 is 9.84 Å². The maximum Gasteiger partial charge on any atom is 0.264 e. The minimum atomic E-state index is -3.41. The van der Waals surface area contributed by atoms with Crippen LogP contribution >= 0.6 is 0 Å². The molecule has 0 bridgehead atoms. The molecule has 1 aromatic rings. The van der Waals surface area contributed by atoms with Crippen LogP contribution in [0.3, 0.4) is 0 Å². The van der Waals surface area contributed by atoms with Gasteiger partial charge in [0, 0.05) is 0 Å². The summed E-state index contributed by atoms with van der Waals surface area (Å²) in [5.74, 6) is 0.694. The van der Waals surface area contributed by atoms with Gasteiger partial charge in [0.2, 0.25) is 0 Å². The van der Waals surface area contributed by atoms with Gasteiger partial charge in [-0.1, -0.05) is 0 Å². The highest BCUT2D eigenvalue weighted by Crippen LogP contribution is 2.15. The van der Waals surface area contributed by atoms with Crippen molar-refractivity contribution in [2.75, 3.05) is 19.5 Å². The van der Waals surface area contributed by atoms with Crippen LogP contribution < -0.4 is 4.74 Å². The van der Waals surface area contributed by atoms with Crippen molar-refractivity contribution in [1.29, 1.82) is 0 Å². The Hall–Kier alpha value is -1.27. The topological polar surface area (TPSA) is 72.8 Å². The highest BCUT2D eigenvalue weighted by molar-refractivity contribution is 7.85. The number of hydrogen-bond acceptors (Lipinski definition) is 5. The van der Waals surface area contributed by atoms with Gasteiger partial charge >= 0.3 is 0 Å². The molecular weight excluding hydrogens is 220 g/mol. The van der Waals surface area contributed by atoms with Crippen molar-refractivity contribution in [3.8, 4) is 11.5 Å². The Labute approximate surface area is 88.4 Å². The molecule has 0 unspecified atom stereocenters. The average Bonchev–Trinajstić information content (AvgIpc) is 2.14. The lowest BCUT2D eigenvalue weighted by Gasteiger charge is -2.05.